The maximum Gasteiger partial charge on any atom is 0.163 e. The molecule has 0 fully saturated rings. The van der Waals surface area contributed by atoms with Crippen LogP contribution in [0, 0.1) is 12.7 Å². The van der Waals surface area contributed by atoms with Crippen LogP contribution in [-0.4, -0.2) is 9.97 Å². The molecule has 0 radical (unpaired) electrons. The van der Waals surface area contributed by atoms with Crippen molar-refractivity contribution < 1.29 is 4.39 Å². The molecule has 0 atom stereocenters. The van der Waals surface area contributed by atoms with Gasteiger partial charge in [0.15, 0.2) is 5.82 Å². The number of aromatic nitrogens is 2. The van der Waals surface area contributed by atoms with Crippen molar-refractivity contribution >= 4 is 50.0 Å². The van der Waals surface area contributed by atoms with Gasteiger partial charge in [-0.25, -0.2) is 14.4 Å². The Morgan fingerprint density at radius 1 is 1.14 bits per heavy atom. The van der Waals surface area contributed by atoms with Gasteiger partial charge >= 0.3 is 0 Å². The first-order valence-electron chi connectivity index (χ1n) is 6.05. The average molecular weight is 386 g/mol. The van der Waals surface area contributed by atoms with E-state index in [4.69, 9.17) is 23.2 Å². The summed E-state index contributed by atoms with van der Waals surface area (Å²) in [4.78, 5) is 8.69. The molecule has 3 rings (SSSR count). The monoisotopic (exact) mass is 384 g/mol. The van der Waals surface area contributed by atoms with E-state index < -0.39 is 5.82 Å². The van der Waals surface area contributed by atoms with Crippen molar-refractivity contribution in [3.63, 3.8) is 0 Å². The van der Waals surface area contributed by atoms with E-state index in [1.807, 2.05) is 19.1 Å². The largest absolute Gasteiger partial charge is 0.227 e. The van der Waals surface area contributed by atoms with Crippen LogP contribution in [0.15, 0.2) is 34.8 Å². The summed E-state index contributed by atoms with van der Waals surface area (Å²) in [6.45, 7) is 1.96. The zero-order valence-corrected chi connectivity index (χ0v) is 13.9. The zero-order chi connectivity index (χ0) is 15.1. The second-order valence-corrected chi connectivity index (χ2v) is 6.17. The summed E-state index contributed by atoms with van der Waals surface area (Å²) in [5.41, 5.74) is 2.11. The fourth-order valence-corrected chi connectivity index (χ4v) is 3.18. The first kappa shape index (κ1) is 14.7. The fraction of sp³-hybridized carbons (Fsp3) is 0.0667. The molecule has 3 aromatic rings. The second kappa shape index (κ2) is 5.52. The first-order chi connectivity index (χ1) is 9.97. The van der Waals surface area contributed by atoms with E-state index in [1.54, 1.807) is 12.1 Å². The molecule has 0 bridgehead atoms. The van der Waals surface area contributed by atoms with Crippen molar-refractivity contribution in [1.82, 2.24) is 9.97 Å². The quantitative estimate of drug-likeness (QED) is 0.493. The van der Waals surface area contributed by atoms with Gasteiger partial charge in [0.05, 0.1) is 10.5 Å². The number of benzene rings is 2. The molecule has 0 N–H and O–H groups in total. The summed E-state index contributed by atoms with van der Waals surface area (Å²) in [5.74, 6) is -0.224. The van der Waals surface area contributed by atoms with Gasteiger partial charge in [-0.2, -0.15) is 0 Å². The Balaban J connectivity index is 2.33. The topological polar surface area (TPSA) is 25.8 Å². The zero-order valence-electron chi connectivity index (χ0n) is 10.8. The average Bonchev–Trinajstić information content (AvgIpc) is 2.43. The highest BCUT2D eigenvalue weighted by Gasteiger charge is 2.15. The number of rotatable bonds is 1. The molecule has 1 aromatic heterocycles. The number of hydrogen-bond donors (Lipinski definition) is 0. The van der Waals surface area contributed by atoms with Crippen LogP contribution < -0.4 is 0 Å². The van der Waals surface area contributed by atoms with E-state index in [0.29, 0.717) is 22.1 Å². The van der Waals surface area contributed by atoms with Gasteiger partial charge in [-0.05, 0) is 52.7 Å². The Morgan fingerprint density at radius 3 is 2.67 bits per heavy atom. The summed E-state index contributed by atoms with van der Waals surface area (Å²) in [7, 11) is 0. The molecule has 6 heteroatoms. The number of hydrogen-bond acceptors (Lipinski definition) is 2. The second-order valence-electron chi connectivity index (χ2n) is 4.58. The predicted molar refractivity (Wildman–Crippen MR) is 87.4 cm³/mol. The summed E-state index contributed by atoms with van der Waals surface area (Å²) in [5, 5.41) is 1.02. The van der Waals surface area contributed by atoms with E-state index in [0.717, 1.165) is 15.4 Å². The highest BCUT2D eigenvalue weighted by Crippen LogP contribution is 2.33. The Hall–Kier alpha value is -1.23. The summed E-state index contributed by atoms with van der Waals surface area (Å²) < 4.78 is 14.4. The summed E-state index contributed by atoms with van der Waals surface area (Å²) in [6.07, 6.45) is 0. The van der Waals surface area contributed by atoms with E-state index in [2.05, 4.69) is 25.9 Å². The first-order valence-corrected chi connectivity index (χ1v) is 7.60. The Labute approximate surface area is 139 Å². The maximum absolute atomic E-state index is 13.6. The van der Waals surface area contributed by atoms with Crippen molar-refractivity contribution in [2.45, 2.75) is 6.92 Å². The lowest BCUT2D eigenvalue weighted by molar-refractivity contribution is 0.628. The van der Waals surface area contributed by atoms with Gasteiger partial charge in [-0.15, -0.1) is 0 Å². The Bertz CT molecular complexity index is 868. The summed E-state index contributed by atoms with van der Waals surface area (Å²) >= 11 is 15.7. The highest BCUT2D eigenvalue weighted by atomic mass is 79.9. The lowest BCUT2D eigenvalue weighted by atomic mass is 10.1. The normalized spacial score (nSPS) is 11.1. The predicted octanol–water partition coefficient (Wildman–Crippen LogP) is 5.81. The number of halogens is 4. The summed E-state index contributed by atoms with van der Waals surface area (Å²) in [6, 6.07) is 8.34. The van der Waals surface area contributed by atoms with Crippen LogP contribution >= 0.6 is 39.1 Å². The Kier molecular flexibility index (Phi) is 3.86. The number of nitrogens with zero attached hydrogens (tertiary/aromatic N) is 2. The van der Waals surface area contributed by atoms with E-state index >= 15 is 0 Å². The lowest BCUT2D eigenvalue weighted by Crippen LogP contribution is -1.95. The van der Waals surface area contributed by atoms with E-state index in [-0.39, 0.29) is 5.02 Å². The van der Waals surface area contributed by atoms with Crippen molar-refractivity contribution in [1.29, 1.82) is 0 Å². The van der Waals surface area contributed by atoms with Crippen LogP contribution in [0.1, 0.15) is 5.56 Å². The number of fused-ring (bicyclic) bond motifs is 1. The molecule has 0 amide bonds. The molecule has 2 aromatic carbocycles. The van der Waals surface area contributed by atoms with Crippen LogP contribution in [-0.2, 0) is 0 Å². The van der Waals surface area contributed by atoms with Crippen molar-refractivity contribution in [3.8, 4) is 11.4 Å². The Morgan fingerprint density at radius 2 is 1.90 bits per heavy atom. The molecule has 0 saturated carbocycles. The maximum atomic E-state index is 13.6. The van der Waals surface area contributed by atoms with Crippen LogP contribution in [0.2, 0.25) is 10.2 Å². The third-order valence-electron chi connectivity index (χ3n) is 3.04. The van der Waals surface area contributed by atoms with E-state index in [9.17, 15) is 4.39 Å². The third kappa shape index (κ3) is 2.63. The SMILES string of the molecule is Cc1cc(Br)c2nc(-c3cccc(F)c3Cl)nc(Cl)c2c1. The molecule has 2 nitrogen and oxygen atoms in total. The molecule has 1 heterocycles. The van der Waals surface area contributed by atoms with Crippen LogP contribution in [0.25, 0.3) is 22.3 Å². The van der Waals surface area contributed by atoms with Gasteiger partial charge in [0, 0.05) is 15.4 Å². The van der Waals surface area contributed by atoms with Crippen molar-refractivity contribution in [2.75, 3.05) is 0 Å². The number of aryl methyl sites for hydroxylation is 1. The van der Waals surface area contributed by atoms with Gasteiger partial charge in [-0.1, -0.05) is 29.3 Å². The van der Waals surface area contributed by atoms with Crippen LogP contribution in [0.5, 0.6) is 0 Å². The molecule has 0 aliphatic heterocycles. The smallest absolute Gasteiger partial charge is 0.163 e. The van der Waals surface area contributed by atoms with Gasteiger partial charge in [0.1, 0.15) is 11.0 Å². The van der Waals surface area contributed by atoms with Crippen molar-refractivity contribution in [2.24, 2.45) is 0 Å². The third-order valence-corrected chi connectivity index (χ3v) is 4.32. The minimum Gasteiger partial charge on any atom is -0.227 e. The lowest BCUT2D eigenvalue weighted by Gasteiger charge is -2.08. The van der Waals surface area contributed by atoms with Gasteiger partial charge in [0.2, 0.25) is 0 Å². The highest BCUT2D eigenvalue weighted by molar-refractivity contribution is 9.10. The van der Waals surface area contributed by atoms with Gasteiger partial charge < -0.3 is 0 Å². The molecule has 0 aliphatic rings. The molecule has 106 valence electrons. The molecule has 0 spiro atoms. The molecule has 0 saturated heterocycles. The van der Waals surface area contributed by atoms with Gasteiger partial charge in [-0.3, -0.25) is 0 Å². The molecule has 21 heavy (non-hydrogen) atoms. The molecule has 0 unspecified atom stereocenters. The van der Waals surface area contributed by atoms with Crippen LogP contribution in [0.4, 0.5) is 4.39 Å². The van der Waals surface area contributed by atoms with Crippen molar-refractivity contribution in [3.05, 3.63) is 56.4 Å². The molecular weight excluding hydrogens is 378 g/mol. The minimum absolute atomic E-state index is 0.0175. The minimum atomic E-state index is -0.517. The van der Waals surface area contributed by atoms with Gasteiger partial charge in [0.25, 0.3) is 0 Å². The standard InChI is InChI=1S/C15H8BrCl2FN2/c1-7-5-9-13(10(16)6-7)20-15(21-14(9)18)8-3-2-4-11(19)12(8)17/h2-6H,1H3. The van der Waals surface area contributed by atoms with E-state index in [1.165, 1.54) is 6.07 Å². The van der Waals surface area contributed by atoms with Crippen LogP contribution in [0.3, 0.4) is 0 Å². The fourth-order valence-electron chi connectivity index (χ4n) is 2.09. The molecular formula is C15H8BrCl2FN2. The molecule has 0 aliphatic carbocycles.